The number of nitro groups is 1. The fraction of sp³-hybridized carbons (Fsp3) is 0.0357. The number of fused-ring (bicyclic) bond motifs is 1. The third kappa shape index (κ3) is 5.61. The number of carbonyl (C=O) groups is 2. The van der Waals surface area contributed by atoms with Crippen LogP contribution in [0.15, 0.2) is 90.5 Å². The molecule has 0 atom stereocenters. The molecular formula is C28H19N3O6. The van der Waals surface area contributed by atoms with Gasteiger partial charge in [-0.3, -0.25) is 14.9 Å². The molecule has 9 heteroatoms. The van der Waals surface area contributed by atoms with E-state index in [1.807, 2.05) is 36.4 Å². The van der Waals surface area contributed by atoms with Crippen molar-refractivity contribution in [2.24, 2.45) is 0 Å². The fourth-order valence-electron chi connectivity index (χ4n) is 3.63. The van der Waals surface area contributed by atoms with Crippen molar-refractivity contribution in [3.8, 4) is 17.6 Å². The van der Waals surface area contributed by atoms with Gasteiger partial charge in [0.05, 0.1) is 29.4 Å². The molecule has 0 spiro atoms. The number of esters is 1. The van der Waals surface area contributed by atoms with Gasteiger partial charge in [-0.05, 0) is 46.7 Å². The average Bonchev–Trinajstić information content (AvgIpc) is 2.91. The van der Waals surface area contributed by atoms with Gasteiger partial charge in [-0.1, -0.05) is 48.5 Å². The van der Waals surface area contributed by atoms with E-state index in [0.29, 0.717) is 11.1 Å². The van der Waals surface area contributed by atoms with E-state index in [0.717, 1.165) is 10.8 Å². The molecule has 0 aromatic heterocycles. The summed E-state index contributed by atoms with van der Waals surface area (Å²) in [6.45, 7) is 0. The molecule has 182 valence electrons. The number of hydrogen-bond acceptors (Lipinski definition) is 7. The van der Waals surface area contributed by atoms with Crippen LogP contribution in [0.4, 0.5) is 11.4 Å². The molecule has 0 saturated heterocycles. The lowest BCUT2D eigenvalue weighted by molar-refractivity contribution is -0.384. The normalized spacial score (nSPS) is 10.9. The van der Waals surface area contributed by atoms with Crippen LogP contribution in [-0.2, 0) is 4.79 Å². The second-order valence-electron chi connectivity index (χ2n) is 7.75. The summed E-state index contributed by atoms with van der Waals surface area (Å²) in [4.78, 5) is 36.0. The van der Waals surface area contributed by atoms with Crippen molar-refractivity contribution in [3.05, 3.63) is 112 Å². The minimum Gasteiger partial charge on any atom is -0.494 e. The van der Waals surface area contributed by atoms with Crippen molar-refractivity contribution in [3.63, 3.8) is 0 Å². The topological polar surface area (TPSA) is 132 Å². The van der Waals surface area contributed by atoms with Crippen molar-refractivity contribution in [1.82, 2.24) is 0 Å². The third-order valence-electron chi connectivity index (χ3n) is 5.40. The van der Waals surface area contributed by atoms with Crippen LogP contribution in [-0.4, -0.2) is 23.9 Å². The number of nitro benzene ring substituents is 1. The molecule has 0 heterocycles. The predicted octanol–water partition coefficient (Wildman–Crippen LogP) is 5.52. The Morgan fingerprint density at radius 1 is 1.00 bits per heavy atom. The Hall–Kier alpha value is -5.49. The molecule has 4 aromatic carbocycles. The van der Waals surface area contributed by atoms with Gasteiger partial charge in [0, 0.05) is 6.07 Å². The van der Waals surface area contributed by atoms with Gasteiger partial charge in [0.2, 0.25) is 0 Å². The first kappa shape index (κ1) is 24.6. The summed E-state index contributed by atoms with van der Waals surface area (Å²) >= 11 is 0. The number of benzene rings is 4. The number of nitrogens with zero attached hydrogens (tertiary/aromatic N) is 2. The Kier molecular flexibility index (Phi) is 7.21. The van der Waals surface area contributed by atoms with E-state index < -0.39 is 16.8 Å². The SMILES string of the molecule is COc1cc([N+](=O)[O-])ccc1NC(=O)C(C#N)=Cc1cccc(OC(=O)c2cccc3ccccc23)c1. The second-order valence-corrected chi connectivity index (χ2v) is 7.75. The number of nitriles is 1. The average molecular weight is 493 g/mol. The summed E-state index contributed by atoms with van der Waals surface area (Å²) in [5, 5.41) is 24.7. The maximum atomic E-state index is 12.8. The zero-order chi connectivity index (χ0) is 26.4. The lowest BCUT2D eigenvalue weighted by atomic mass is 10.0. The van der Waals surface area contributed by atoms with Crippen LogP contribution in [0.5, 0.6) is 11.5 Å². The van der Waals surface area contributed by atoms with Crippen molar-refractivity contribution >= 4 is 40.1 Å². The molecule has 0 bridgehead atoms. The van der Waals surface area contributed by atoms with E-state index in [1.54, 1.807) is 30.3 Å². The summed E-state index contributed by atoms with van der Waals surface area (Å²) in [5.74, 6) is -0.974. The maximum Gasteiger partial charge on any atom is 0.344 e. The molecule has 0 unspecified atom stereocenters. The van der Waals surface area contributed by atoms with Gasteiger partial charge in [-0.25, -0.2) is 4.79 Å². The van der Waals surface area contributed by atoms with E-state index in [9.17, 15) is 25.0 Å². The summed E-state index contributed by atoms with van der Waals surface area (Å²) in [6, 6.07) is 24.7. The number of ether oxygens (including phenoxy) is 2. The number of rotatable bonds is 7. The molecule has 4 aromatic rings. The molecule has 1 N–H and O–H groups in total. The standard InChI is InChI=1S/C28H19N3O6/c1-36-26-16-21(31(34)35)12-13-25(26)30-27(32)20(17-29)14-18-6-4-9-22(15-18)37-28(33)24-11-5-8-19-7-2-3-10-23(19)24/h2-16H,1H3,(H,30,32). The van der Waals surface area contributed by atoms with Gasteiger partial charge in [-0.15, -0.1) is 0 Å². The van der Waals surface area contributed by atoms with E-state index in [1.165, 1.54) is 37.5 Å². The maximum absolute atomic E-state index is 12.8. The van der Waals surface area contributed by atoms with E-state index in [2.05, 4.69) is 5.32 Å². The monoisotopic (exact) mass is 493 g/mol. The lowest BCUT2D eigenvalue weighted by Crippen LogP contribution is -2.14. The Labute approximate surface area is 211 Å². The molecule has 0 fully saturated rings. The van der Waals surface area contributed by atoms with Gasteiger partial charge in [0.25, 0.3) is 11.6 Å². The molecule has 0 aliphatic heterocycles. The van der Waals surface area contributed by atoms with E-state index in [4.69, 9.17) is 9.47 Å². The highest BCUT2D eigenvalue weighted by atomic mass is 16.6. The first-order valence-electron chi connectivity index (χ1n) is 10.9. The van der Waals surface area contributed by atoms with Gasteiger partial charge in [0.1, 0.15) is 23.1 Å². The van der Waals surface area contributed by atoms with Crippen molar-refractivity contribution in [2.75, 3.05) is 12.4 Å². The minimum absolute atomic E-state index is 0.0715. The Morgan fingerprint density at radius 3 is 2.51 bits per heavy atom. The smallest absolute Gasteiger partial charge is 0.344 e. The largest absolute Gasteiger partial charge is 0.494 e. The van der Waals surface area contributed by atoms with E-state index in [-0.39, 0.29) is 28.4 Å². The van der Waals surface area contributed by atoms with Crippen LogP contribution in [0.3, 0.4) is 0 Å². The molecule has 0 radical (unpaired) electrons. The minimum atomic E-state index is -0.743. The van der Waals surface area contributed by atoms with E-state index >= 15 is 0 Å². The Balaban J connectivity index is 1.54. The fourth-order valence-corrected chi connectivity index (χ4v) is 3.63. The molecular weight excluding hydrogens is 474 g/mol. The van der Waals surface area contributed by atoms with Crippen molar-refractivity contribution in [1.29, 1.82) is 5.26 Å². The highest BCUT2D eigenvalue weighted by Crippen LogP contribution is 2.29. The zero-order valence-corrected chi connectivity index (χ0v) is 19.5. The zero-order valence-electron chi connectivity index (χ0n) is 19.5. The van der Waals surface area contributed by atoms with Gasteiger partial charge >= 0.3 is 5.97 Å². The molecule has 0 aliphatic carbocycles. The number of amides is 1. The number of hydrogen-bond donors (Lipinski definition) is 1. The first-order valence-corrected chi connectivity index (χ1v) is 10.9. The second kappa shape index (κ2) is 10.8. The highest BCUT2D eigenvalue weighted by molar-refractivity contribution is 6.10. The molecule has 9 nitrogen and oxygen atoms in total. The van der Waals surface area contributed by atoms with Gasteiger partial charge in [-0.2, -0.15) is 5.26 Å². The number of anilines is 1. The summed E-state index contributed by atoms with van der Waals surface area (Å²) in [6.07, 6.45) is 1.34. The van der Waals surface area contributed by atoms with Crippen molar-refractivity contribution in [2.45, 2.75) is 0 Å². The quantitative estimate of drug-likeness (QED) is 0.0895. The van der Waals surface area contributed by atoms with Crippen LogP contribution >= 0.6 is 0 Å². The number of methoxy groups -OCH3 is 1. The number of non-ortho nitro benzene ring substituents is 1. The first-order chi connectivity index (χ1) is 17.9. The Morgan fingerprint density at radius 2 is 1.76 bits per heavy atom. The summed E-state index contributed by atoms with van der Waals surface area (Å²) in [5.41, 5.74) is 0.578. The van der Waals surface area contributed by atoms with Crippen LogP contribution in [0.1, 0.15) is 15.9 Å². The summed E-state index contributed by atoms with van der Waals surface area (Å²) < 4.78 is 10.7. The highest BCUT2D eigenvalue weighted by Gasteiger charge is 2.17. The van der Waals surface area contributed by atoms with Gasteiger partial charge in [0.15, 0.2) is 0 Å². The summed E-state index contributed by atoms with van der Waals surface area (Å²) in [7, 11) is 1.31. The molecule has 0 saturated carbocycles. The van der Waals surface area contributed by atoms with Crippen LogP contribution in [0.25, 0.3) is 16.8 Å². The van der Waals surface area contributed by atoms with Crippen LogP contribution in [0.2, 0.25) is 0 Å². The van der Waals surface area contributed by atoms with Crippen LogP contribution < -0.4 is 14.8 Å². The Bertz CT molecular complexity index is 1600. The third-order valence-corrected chi connectivity index (χ3v) is 5.40. The number of nitrogens with one attached hydrogen (secondary N) is 1. The molecule has 1 amide bonds. The molecule has 4 rings (SSSR count). The predicted molar refractivity (Wildman–Crippen MR) is 137 cm³/mol. The van der Waals surface area contributed by atoms with Gasteiger partial charge < -0.3 is 14.8 Å². The lowest BCUT2D eigenvalue weighted by Gasteiger charge is -2.10. The van der Waals surface area contributed by atoms with Crippen LogP contribution in [0, 0.1) is 21.4 Å². The number of carbonyl (C=O) groups excluding carboxylic acids is 2. The molecule has 37 heavy (non-hydrogen) atoms. The molecule has 0 aliphatic rings. The van der Waals surface area contributed by atoms with Crippen molar-refractivity contribution < 1.29 is 24.0 Å².